The lowest BCUT2D eigenvalue weighted by molar-refractivity contribution is -0.125. The smallest absolute Gasteiger partial charge is 0.254 e. The lowest BCUT2D eigenvalue weighted by Crippen LogP contribution is -2.35. The molecule has 1 aromatic carbocycles. The van der Waals surface area contributed by atoms with E-state index in [4.69, 9.17) is 10.5 Å². The molecular weight excluding hydrogens is 204 g/mol. The Morgan fingerprint density at radius 2 is 2.12 bits per heavy atom. The first-order valence-corrected chi connectivity index (χ1v) is 5.19. The molecule has 1 rings (SSSR count). The van der Waals surface area contributed by atoms with Crippen molar-refractivity contribution in [1.29, 1.82) is 0 Å². The van der Waals surface area contributed by atoms with E-state index in [1.165, 1.54) is 12.7 Å². The van der Waals surface area contributed by atoms with Crippen LogP contribution >= 0.6 is 0 Å². The van der Waals surface area contributed by atoms with Crippen LogP contribution in [0.5, 0.6) is 0 Å². The highest BCUT2D eigenvalue weighted by atomic mass is 16.5. The third kappa shape index (κ3) is 3.05. The fourth-order valence-electron chi connectivity index (χ4n) is 1.35. The van der Waals surface area contributed by atoms with Crippen LogP contribution in [0, 0.1) is 13.8 Å². The van der Waals surface area contributed by atoms with E-state index >= 15 is 0 Å². The van der Waals surface area contributed by atoms with Crippen LogP contribution in [0.1, 0.15) is 11.1 Å². The molecule has 0 aliphatic carbocycles. The molecule has 4 heteroatoms. The standard InChI is InChI=1S/C12H18N2O2/c1-8-4-5-10(6-9(8)2)14-12(15)11(7-13)16-3/h4-6,11H,7,13H2,1-3H3,(H,14,15). The van der Waals surface area contributed by atoms with Gasteiger partial charge in [-0.2, -0.15) is 0 Å². The van der Waals surface area contributed by atoms with Crippen LogP contribution in [0.15, 0.2) is 18.2 Å². The number of amides is 1. The number of hydrogen-bond donors (Lipinski definition) is 2. The molecule has 0 spiro atoms. The molecule has 1 atom stereocenters. The Kier molecular flexibility index (Phi) is 4.46. The highest BCUT2D eigenvalue weighted by molar-refractivity contribution is 5.94. The van der Waals surface area contributed by atoms with Gasteiger partial charge in [-0.25, -0.2) is 0 Å². The summed E-state index contributed by atoms with van der Waals surface area (Å²) in [4.78, 5) is 11.7. The molecule has 0 aliphatic rings. The van der Waals surface area contributed by atoms with Crippen LogP contribution in [-0.4, -0.2) is 25.7 Å². The van der Waals surface area contributed by atoms with Gasteiger partial charge in [0.15, 0.2) is 0 Å². The van der Waals surface area contributed by atoms with E-state index in [1.807, 2.05) is 32.0 Å². The van der Waals surface area contributed by atoms with Crippen molar-refractivity contribution in [3.63, 3.8) is 0 Å². The number of carbonyl (C=O) groups excluding carboxylic acids is 1. The van der Waals surface area contributed by atoms with Gasteiger partial charge in [-0.15, -0.1) is 0 Å². The number of ether oxygens (including phenoxy) is 1. The summed E-state index contributed by atoms with van der Waals surface area (Å²) in [6.45, 7) is 4.20. The summed E-state index contributed by atoms with van der Waals surface area (Å²) >= 11 is 0. The van der Waals surface area contributed by atoms with E-state index in [0.717, 1.165) is 11.3 Å². The SMILES string of the molecule is COC(CN)C(=O)Nc1ccc(C)c(C)c1. The van der Waals surface area contributed by atoms with Crippen molar-refractivity contribution in [3.05, 3.63) is 29.3 Å². The number of hydrogen-bond acceptors (Lipinski definition) is 3. The Morgan fingerprint density at radius 3 is 2.62 bits per heavy atom. The molecule has 0 aromatic heterocycles. The van der Waals surface area contributed by atoms with Gasteiger partial charge in [-0.05, 0) is 37.1 Å². The van der Waals surface area contributed by atoms with Gasteiger partial charge in [0.25, 0.3) is 5.91 Å². The molecule has 0 heterocycles. The highest BCUT2D eigenvalue weighted by Gasteiger charge is 2.15. The normalized spacial score (nSPS) is 12.2. The van der Waals surface area contributed by atoms with Crippen LogP contribution in [0.2, 0.25) is 0 Å². The first kappa shape index (κ1) is 12.7. The van der Waals surface area contributed by atoms with E-state index < -0.39 is 6.10 Å². The number of anilines is 1. The summed E-state index contributed by atoms with van der Waals surface area (Å²) in [6, 6.07) is 5.76. The van der Waals surface area contributed by atoms with E-state index in [-0.39, 0.29) is 12.5 Å². The van der Waals surface area contributed by atoms with Gasteiger partial charge in [0, 0.05) is 19.3 Å². The number of carbonyl (C=O) groups is 1. The first-order valence-electron chi connectivity index (χ1n) is 5.19. The number of rotatable bonds is 4. The van der Waals surface area contributed by atoms with Crippen LogP contribution in [0.25, 0.3) is 0 Å². The number of benzene rings is 1. The third-order valence-corrected chi connectivity index (χ3v) is 2.57. The van der Waals surface area contributed by atoms with Crippen molar-refractivity contribution < 1.29 is 9.53 Å². The Bertz CT molecular complexity index is 373. The second-order valence-electron chi connectivity index (χ2n) is 3.75. The lowest BCUT2D eigenvalue weighted by Gasteiger charge is -2.13. The minimum absolute atomic E-state index is 0.174. The molecule has 1 amide bonds. The van der Waals surface area contributed by atoms with Gasteiger partial charge in [-0.3, -0.25) is 4.79 Å². The zero-order chi connectivity index (χ0) is 12.1. The average Bonchev–Trinajstić information content (AvgIpc) is 2.25. The van der Waals surface area contributed by atoms with Crippen LogP contribution in [-0.2, 0) is 9.53 Å². The summed E-state index contributed by atoms with van der Waals surface area (Å²) in [6.07, 6.45) is -0.596. The largest absolute Gasteiger partial charge is 0.370 e. The summed E-state index contributed by atoms with van der Waals surface area (Å²) < 4.78 is 4.95. The number of aryl methyl sites for hydroxylation is 2. The summed E-state index contributed by atoms with van der Waals surface area (Å²) in [5.74, 6) is -0.215. The summed E-state index contributed by atoms with van der Waals surface area (Å²) in [7, 11) is 1.47. The van der Waals surface area contributed by atoms with E-state index in [2.05, 4.69) is 5.32 Å². The molecule has 0 saturated carbocycles. The molecule has 16 heavy (non-hydrogen) atoms. The van der Waals surface area contributed by atoms with Crippen molar-refractivity contribution >= 4 is 11.6 Å². The molecule has 88 valence electrons. The third-order valence-electron chi connectivity index (χ3n) is 2.57. The zero-order valence-electron chi connectivity index (χ0n) is 9.91. The molecule has 0 aliphatic heterocycles. The van der Waals surface area contributed by atoms with Crippen molar-refractivity contribution in [2.24, 2.45) is 5.73 Å². The first-order chi connectivity index (χ1) is 7.58. The zero-order valence-corrected chi connectivity index (χ0v) is 9.91. The Balaban J connectivity index is 2.73. The second-order valence-corrected chi connectivity index (χ2v) is 3.75. The minimum atomic E-state index is -0.596. The molecular formula is C12H18N2O2. The average molecular weight is 222 g/mol. The summed E-state index contributed by atoms with van der Waals surface area (Å²) in [5, 5.41) is 2.77. The van der Waals surface area contributed by atoms with Crippen LogP contribution in [0.4, 0.5) is 5.69 Å². The van der Waals surface area contributed by atoms with Crippen LogP contribution < -0.4 is 11.1 Å². The summed E-state index contributed by atoms with van der Waals surface area (Å²) in [5.41, 5.74) is 8.51. The lowest BCUT2D eigenvalue weighted by atomic mass is 10.1. The Labute approximate surface area is 95.8 Å². The van der Waals surface area contributed by atoms with Gasteiger partial charge in [-0.1, -0.05) is 6.07 Å². The maximum Gasteiger partial charge on any atom is 0.254 e. The maximum atomic E-state index is 11.7. The van der Waals surface area contributed by atoms with Gasteiger partial charge < -0.3 is 15.8 Å². The minimum Gasteiger partial charge on any atom is -0.370 e. The predicted molar refractivity (Wildman–Crippen MR) is 64.4 cm³/mol. The Morgan fingerprint density at radius 1 is 1.44 bits per heavy atom. The molecule has 3 N–H and O–H groups in total. The topological polar surface area (TPSA) is 64.3 Å². The van der Waals surface area contributed by atoms with Gasteiger partial charge in [0.05, 0.1) is 0 Å². The van der Waals surface area contributed by atoms with E-state index in [0.29, 0.717) is 0 Å². The molecule has 1 unspecified atom stereocenters. The van der Waals surface area contributed by atoms with Gasteiger partial charge in [0.1, 0.15) is 6.10 Å². The Hall–Kier alpha value is -1.39. The molecule has 0 saturated heterocycles. The van der Waals surface area contributed by atoms with E-state index in [9.17, 15) is 4.79 Å². The molecule has 4 nitrogen and oxygen atoms in total. The van der Waals surface area contributed by atoms with E-state index in [1.54, 1.807) is 0 Å². The quantitative estimate of drug-likeness (QED) is 0.805. The van der Waals surface area contributed by atoms with Crippen molar-refractivity contribution in [1.82, 2.24) is 0 Å². The fraction of sp³-hybridized carbons (Fsp3) is 0.417. The van der Waals surface area contributed by atoms with Gasteiger partial charge in [0.2, 0.25) is 0 Å². The molecule has 0 fully saturated rings. The van der Waals surface area contributed by atoms with Crippen LogP contribution in [0.3, 0.4) is 0 Å². The fourth-order valence-corrected chi connectivity index (χ4v) is 1.35. The number of methoxy groups -OCH3 is 1. The van der Waals surface area contributed by atoms with Crippen molar-refractivity contribution in [2.45, 2.75) is 20.0 Å². The second kappa shape index (κ2) is 5.63. The monoisotopic (exact) mass is 222 g/mol. The maximum absolute atomic E-state index is 11.7. The number of nitrogens with one attached hydrogen (secondary N) is 1. The number of nitrogens with two attached hydrogens (primary N) is 1. The predicted octanol–water partition coefficient (Wildman–Crippen LogP) is 1.22. The molecule has 0 bridgehead atoms. The van der Waals surface area contributed by atoms with Gasteiger partial charge >= 0.3 is 0 Å². The van der Waals surface area contributed by atoms with Crippen molar-refractivity contribution in [2.75, 3.05) is 19.0 Å². The highest BCUT2D eigenvalue weighted by Crippen LogP contribution is 2.14. The molecule has 0 radical (unpaired) electrons. The molecule has 1 aromatic rings. The van der Waals surface area contributed by atoms with Crippen molar-refractivity contribution in [3.8, 4) is 0 Å².